The molecular weight excluding hydrogens is 491 g/mol. The molecule has 0 saturated heterocycles. The van der Waals surface area contributed by atoms with Crippen LogP contribution in [-0.4, -0.2) is 28.4 Å². The molecule has 9 heteroatoms. The van der Waals surface area contributed by atoms with Gasteiger partial charge in [-0.1, -0.05) is 83.3 Å². The van der Waals surface area contributed by atoms with E-state index < -0.39 is 21.8 Å². The standard InChI is InChI=1S/C23H21Cl3N2O3S/c1-3-31-21(30)18-17(15-10-5-4-6-11-15)13-32-20(18)28-22(23(24,25)26)27-19(29)16-12-8-7-9-14(16)2/h4-13,22,28H,3H2,1-2H3,(H,27,29)/t22-/m0/s1. The van der Waals surface area contributed by atoms with Gasteiger partial charge in [-0.25, -0.2) is 4.79 Å². The fourth-order valence-corrected chi connectivity index (χ4v) is 4.38. The number of aryl methyl sites for hydroxylation is 1. The van der Waals surface area contributed by atoms with Gasteiger partial charge in [0.1, 0.15) is 16.7 Å². The fourth-order valence-electron chi connectivity index (χ4n) is 3.07. The molecule has 3 rings (SSSR count). The molecule has 0 fully saturated rings. The average Bonchev–Trinajstić information content (AvgIpc) is 3.17. The van der Waals surface area contributed by atoms with Gasteiger partial charge in [-0.2, -0.15) is 0 Å². The van der Waals surface area contributed by atoms with Crippen molar-refractivity contribution in [2.75, 3.05) is 11.9 Å². The van der Waals surface area contributed by atoms with Crippen LogP contribution in [0.2, 0.25) is 0 Å². The molecule has 2 aromatic carbocycles. The summed E-state index contributed by atoms with van der Waals surface area (Å²) >= 11 is 19.8. The summed E-state index contributed by atoms with van der Waals surface area (Å²) in [5.41, 5.74) is 3.07. The Hall–Kier alpha value is -2.25. The second kappa shape index (κ2) is 10.6. The van der Waals surface area contributed by atoms with Crippen molar-refractivity contribution in [3.63, 3.8) is 0 Å². The second-order valence-corrected chi connectivity index (χ2v) is 10.1. The first kappa shape index (κ1) is 24.4. The summed E-state index contributed by atoms with van der Waals surface area (Å²) < 4.78 is 3.36. The Morgan fingerprint density at radius 2 is 1.72 bits per heavy atom. The summed E-state index contributed by atoms with van der Waals surface area (Å²) in [4.78, 5) is 25.6. The van der Waals surface area contributed by atoms with Crippen molar-refractivity contribution < 1.29 is 14.3 Å². The van der Waals surface area contributed by atoms with E-state index in [2.05, 4.69) is 10.6 Å². The normalized spacial score (nSPS) is 12.2. The second-order valence-electron chi connectivity index (χ2n) is 6.85. The van der Waals surface area contributed by atoms with Gasteiger partial charge in [0.05, 0.1) is 6.61 Å². The van der Waals surface area contributed by atoms with Gasteiger partial charge in [0, 0.05) is 16.5 Å². The highest BCUT2D eigenvalue weighted by molar-refractivity contribution is 7.15. The Morgan fingerprint density at radius 3 is 2.34 bits per heavy atom. The molecule has 1 aromatic heterocycles. The van der Waals surface area contributed by atoms with Gasteiger partial charge in [-0.05, 0) is 31.0 Å². The lowest BCUT2D eigenvalue weighted by Gasteiger charge is -2.27. The zero-order valence-electron chi connectivity index (χ0n) is 17.3. The molecule has 2 N–H and O–H groups in total. The molecule has 0 saturated carbocycles. The highest BCUT2D eigenvalue weighted by Crippen LogP contribution is 2.39. The Morgan fingerprint density at radius 1 is 1.06 bits per heavy atom. The van der Waals surface area contributed by atoms with Crippen LogP contribution in [0.3, 0.4) is 0 Å². The summed E-state index contributed by atoms with van der Waals surface area (Å²) in [7, 11) is 0. The first-order valence-electron chi connectivity index (χ1n) is 9.76. The topological polar surface area (TPSA) is 67.4 Å². The summed E-state index contributed by atoms with van der Waals surface area (Å²) in [5, 5.41) is 7.99. The highest BCUT2D eigenvalue weighted by atomic mass is 35.6. The van der Waals surface area contributed by atoms with Crippen molar-refractivity contribution in [2.45, 2.75) is 23.8 Å². The van der Waals surface area contributed by atoms with E-state index in [4.69, 9.17) is 39.5 Å². The molecule has 168 valence electrons. The van der Waals surface area contributed by atoms with E-state index in [0.717, 1.165) is 11.1 Å². The molecule has 0 spiro atoms. The van der Waals surface area contributed by atoms with Gasteiger partial charge >= 0.3 is 5.97 Å². The summed E-state index contributed by atoms with van der Waals surface area (Å²) in [5.74, 6) is -0.923. The number of carbonyl (C=O) groups excluding carboxylic acids is 2. The first-order valence-corrected chi connectivity index (χ1v) is 11.8. The maximum atomic E-state index is 12.8. The third-order valence-corrected chi connectivity index (χ3v) is 6.19. The third-order valence-electron chi connectivity index (χ3n) is 4.62. The highest BCUT2D eigenvalue weighted by Gasteiger charge is 2.36. The fraction of sp³-hybridized carbons (Fsp3) is 0.217. The number of esters is 1. The molecule has 0 aliphatic heterocycles. The minimum Gasteiger partial charge on any atom is -0.462 e. The predicted octanol–water partition coefficient (Wildman–Crippen LogP) is 6.44. The SMILES string of the molecule is CCOC(=O)c1c(-c2ccccc2)csc1N[C@H](NC(=O)c1ccccc1C)C(Cl)(Cl)Cl. The van der Waals surface area contributed by atoms with Crippen LogP contribution in [0.4, 0.5) is 5.00 Å². The Balaban J connectivity index is 1.96. The van der Waals surface area contributed by atoms with Crippen LogP contribution in [0.1, 0.15) is 33.2 Å². The van der Waals surface area contributed by atoms with E-state index in [-0.39, 0.29) is 6.61 Å². The average molecular weight is 512 g/mol. The van der Waals surface area contributed by atoms with Gasteiger partial charge in [-0.3, -0.25) is 4.79 Å². The van der Waals surface area contributed by atoms with E-state index in [1.54, 1.807) is 19.1 Å². The Bertz CT molecular complexity index is 1100. The number of benzene rings is 2. The third kappa shape index (κ3) is 5.75. The number of halogens is 3. The quantitative estimate of drug-likeness (QED) is 0.218. The van der Waals surface area contributed by atoms with Crippen molar-refractivity contribution in [1.82, 2.24) is 5.32 Å². The van der Waals surface area contributed by atoms with E-state index in [9.17, 15) is 9.59 Å². The molecule has 0 bridgehead atoms. The van der Waals surface area contributed by atoms with Crippen LogP contribution >= 0.6 is 46.1 Å². The van der Waals surface area contributed by atoms with Gasteiger partial charge in [0.2, 0.25) is 3.79 Å². The summed E-state index contributed by atoms with van der Waals surface area (Å²) in [6.07, 6.45) is -1.12. The molecule has 1 atom stereocenters. The lowest BCUT2D eigenvalue weighted by molar-refractivity contribution is 0.0529. The zero-order chi connectivity index (χ0) is 23.3. The predicted molar refractivity (Wildman–Crippen MR) is 132 cm³/mol. The maximum Gasteiger partial charge on any atom is 0.341 e. The van der Waals surface area contributed by atoms with Gasteiger partial charge in [0.15, 0.2) is 0 Å². The van der Waals surface area contributed by atoms with Crippen molar-refractivity contribution in [2.24, 2.45) is 0 Å². The Kier molecular flexibility index (Phi) is 8.06. The van der Waals surface area contributed by atoms with Crippen LogP contribution in [0.15, 0.2) is 60.0 Å². The Labute approximate surface area is 205 Å². The molecule has 5 nitrogen and oxygen atoms in total. The lowest BCUT2D eigenvalue weighted by atomic mass is 10.0. The minimum absolute atomic E-state index is 0.209. The molecule has 1 amide bonds. The largest absolute Gasteiger partial charge is 0.462 e. The van der Waals surface area contributed by atoms with Gasteiger partial charge in [-0.15, -0.1) is 11.3 Å². The number of hydrogen-bond donors (Lipinski definition) is 2. The summed E-state index contributed by atoms with van der Waals surface area (Å²) in [6.45, 7) is 3.75. The molecule has 1 heterocycles. The number of nitrogens with one attached hydrogen (secondary N) is 2. The van der Waals surface area contributed by atoms with Crippen LogP contribution in [-0.2, 0) is 4.74 Å². The number of carbonyl (C=O) groups is 2. The monoisotopic (exact) mass is 510 g/mol. The van der Waals surface area contributed by atoms with Crippen molar-refractivity contribution in [1.29, 1.82) is 0 Å². The number of amides is 1. The van der Waals surface area contributed by atoms with E-state index >= 15 is 0 Å². The van der Waals surface area contributed by atoms with Crippen LogP contribution in [0, 0.1) is 6.92 Å². The van der Waals surface area contributed by atoms with Crippen LogP contribution in [0.5, 0.6) is 0 Å². The molecule has 3 aromatic rings. The number of anilines is 1. The van der Waals surface area contributed by atoms with E-state index in [1.807, 2.05) is 54.8 Å². The van der Waals surface area contributed by atoms with Crippen LogP contribution < -0.4 is 10.6 Å². The number of ether oxygens (including phenoxy) is 1. The molecular formula is C23H21Cl3N2O3S. The summed E-state index contributed by atoms with van der Waals surface area (Å²) in [6, 6.07) is 16.5. The number of alkyl halides is 3. The smallest absolute Gasteiger partial charge is 0.341 e. The number of rotatable bonds is 7. The molecule has 0 aliphatic carbocycles. The first-order chi connectivity index (χ1) is 15.2. The number of hydrogen-bond acceptors (Lipinski definition) is 5. The number of thiophene rings is 1. The van der Waals surface area contributed by atoms with E-state index in [1.165, 1.54) is 11.3 Å². The molecule has 0 unspecified atom stereocenters. The van der Waals surface area contributed by atoms with Crippen molar-refractivity contribution in [3.8, 4) is 11.1 Å². The van der Waals surface area contributed by atoms with Crippen molar-refractivity contribution in [3.05, 3.63) is 76.7 Å². The molecule has 0 radical (unpaired) electrons. The maximum absolute atomic E-state index is 12.8. The molecule has 0 aliphatic rings. The van der Waals surface area contributed by atoms with Crippen molar-refractivity contribution >= 4 is 63.0 Å². The van der Waals surface area contributed by atoms with Gasteiger partial charge in [0.25, 0.3) is 5.91 Å². The van der Waals surface area contributed by atoms with Gasteiger partial charge < -0.3 is 15.4 Å². The molecule has 32 heavy (non-hydrogen) atoms. The minimum atomic E-state index is -1.90. The lowest BCUT2D eigenvalue weighted by Crippen LogP contribution is -2.49. The zero-order valence-corrected chi connectivity index (χ0v) is 20.4. The van der Waals surface area contributed by atoms with Crippen LogP contribution in [0.25, 0.3) is 11.1 Å². The van der Waals surface area contributed by atoms with E-state index in [0.29, 0.717) is 21.7 Å².